The van der Waals surface area contributed by atoms with E-state index < -0.39 is 36.0 Å². The summed E-state index contributed by atoms with van der Waals surface area (Å²) in [5.41, 5.74) is 2.04. The van der Waals surface area contributed by atoms with E-state index in [9.17, 15) is 18.4 Å². The molecular weight excluding hydrogens is 442 g/mol. The molecule has 1 aliphatic heterocycles. The van der Waals surface area contributed by atoms with Gasteiger partial charge in [0.25, 0.3) is 0 Å². The Balaban J connectivity index is 1.38. The number of hydrogen-bond donors (Lipinski definition) is 2. The second-order valence-corrected chi connectivity index (χ2v) is 8.78. The van der Waals surface area contributed by atoms with Crippen LogP contribution in [0.3, 0.4) is 0 Å². The minimum atomic E-state index is -1.32. The number of amides is 2. The van der Waals surface area contributed by atoms with Gasteiger partial charge in [-0.2, -0.15) is 19.8 Å². The number of aromatic amines is 1. The lowest BCUT2D eigenvalue weighted by atomic mass is 10.0. The van der Waals surface area contributed by atoms with Gasteiger partial charge in [-0.15, -0.1) is 0 Å². The fourth-order valence-electron chi connectivity index (χ4n) is 4.41. The van der Waals surface area contributed by atoms with Crippen molar-refractivity contribution in [3.8, 4) is 0 Å². The van der Waals surface area contributed by atoms with Gasteiger partial charge < -0.3 is 10.2 Å². The Bertz CT molecular complexity index is 1170. The highest BCUT2D eigenvalue weighted by molar-refractivity contribution is 5.89. The van der Waals surface area contributed by atoms with Crippen LogP contribution in [0.1, 0.15) is 53.7 Å². The zero-order valence-corrected chi connectivity index (χ0v) is 18.3. The van der Waals surface area contributed by atoms with Gasteiger partial charge in [-0.05, 0) is 30.4 Å². The van der Waals surface area contributed by atoms with Crippen LogP contribution in [0.25, 0.3) is 0 Å². The predicted octanol–water partition coefficient (Wildman–Crippen LogP) is 2.60. The number of carbonyl (C=O) groups excluding carboxylic acids is 2. The first kappa shape index (κ1) is 22.1. The molecule has 8 nitrogen and oxygen atoms in total. The van der Waals surface area contributed by atoms with Gasteiger partial charge in [0, 0.05) is 12.0 Å². The van der Waals surface area contributed by atoms with Gasteiger partial charge in [0.1, 0.15) is 12.2 Å². The van der Waals surface area contributed by atoms with E-state index in [4.69, 9.17) is 0 Å². The quantitative estimate of drug-likeness (QED) is 0.521. The summed E-state index contributed by atoms with van der Waals surface area (Å²) in [6.07, 6.45) is 1.78. The molecule has 1 aliphatic carbocycles. The van der Waals surface area contributed by atoms with Crippen molar-refractivity contribution in [3.63, 3.8) is 0 Å². The zero-order valence-electron chi connectivity index (χ0n) is 18.3. The van der Waals surface area contributed by atoms with E-state index in [1.54, 1.807) is 24.3 Å². The summed E-state index contributed by atoms with van der Waals surface area (Å²) >= 11 is 0. The highest BCUT2D eigenvalue weighted by Crippen LogP contribution is 2.41. The van der Waals surface area contributed by atoms with E-state index in [-0.39, 0.29) is 25.3 Å². The molecule has 3 atom stereocenters. The molecule has 3 heterocycles. The summed E-state index contributed by atoms with van der Waals surface area (Å²) in [7, 11) is 0. The molecule has 1 saturated heterocycles. The minimum absolute atomic E-state index is 0.0927. The highest BCUT2D eigenvalue weighted by atomic mass is 19.1. The number of nitrogens with one attached hydrogen (secondary N) is 2. The summed E-state index contributed by atoms with van der Waals surface area (Å²) in [6, 6.07) is 10.8. The normalized spacial score (nSPS) is 20.8. The van der Waals surface area contributed by atoms with Crippen LogP contribution in [-0.4, -0.2) is 55.9 Å². The number of hydrogen-bond acceptors (Lipinski definition) is 5. The van der Waals surface area contributed by atoms with Crippen molar-refractivity contribution >= 4 is 11.8 Å². The molecule has 0 bridgehead atoms. The van der Waals surface area contributed by atoms with Gasteiger partial charge in [-0.25, -0.2) is 9.37 Å². The lowest BCUT2D eigenvalue weighted by Gasteiger charge is -2.26. The van der Waals surface area contributed by atoms with E-state index in [0.717, 1.165) is 12.8 Å². The number of alkyl halides is 1. The number of aromatic nitrogens is 4. The van der Waals surface area contributed by atoms with Gasteiger partial charge in [0.15, 0.2) is 0 Å². The van der Waals surface area contributed by atoms with Crippen molar-refractivity contribution in [2.24, 2.45) is 0 Å². The number of halogens is 2. The molecule has 2 fully saturated rings. The van der Waals surface area contributed by atoms with Gasteiger partial charge in [-0.1, -0.05) is 36.4 Å². The first-order valence-corrected chi connectivity index (χ1v) is 11.3. The van der Waals surface area contributed by atoms with Crippen LogP contribution in [0.2, 0.25) is 0 Å². The van der Waals surface area contributed by atoms with Crippen LogP contribution >= 0.6 is 0 Å². The third-order valence-electron chi connectivity index (χ3n) is 6.30. The molecule has 2 aliphatic rings. The lowest BCUT2D eigenvalue weighted by Crippen LogP contribution is -2.47. The van der Waals surface area contributed by atoms with Crippen molar-refractivity contribution in [2.75, 3.05) is 6.54 Å². The Morgan fingerprint density at radius 1 is 1.18 bits per heavy atom. The SMILES string of the molecule is O=C(NC(c1ccccc1)c1ccc(C2CC2)c(F)n1)C1CC(F)CN1C(=O)Cc1cn[nH]n1. The third kappa shape index (κ3) is 4.66. The molecule has 1 saturated carbocycles. The molecule has 5 rings (SSSR count). The first-order valence-electron chi connectivity index (χ1n) is 11.3. The smallest absolute Gasteiger partial charge is 0.243 e. The van der Waals surface area contributed by atoms with Gasteiger partial charge in [0.05, 0.1) is 36.6 Å². The summed E-state index contributed by atoms with van der Waals surface area (Å²) in [6.45, 7) is -0.173. The standard InChI is InChI=1S/C24H24F2N6O2/c25-16-10-20(32(13-16)21(33)11-17-12-27-31-30-17)24(34)29-22(15-4-2-1-3-5-15)19-9-8-18(14-6-7-14)23(26)28-19/h1-5,8-9,12,14,16,20,22H,6-7,10-11,13H2,(H,29,34)(H,27,30,31). The zero-order chi connectivity index (χ0) is 23.7. The average Bonchev–Trinajstić information content (AvgIpc) is 3.40. The van der Waals surface area contributed by atoms with E-state index >= 15 is 0 Å². The molecule has 1 aromatic carbocycles. The van der Waals surface area contributed by atoms with Crippen molar-refractivity contribution in [1.29, 1.82) is 0 Å². The molecular formula is C24H24F2N6O2. The highest BCUT2D eigenvalue weighted by Gasteiger charge is 2.40. The van der Waals surface area contributed by atoms with Crippen LogP contribution in [-0.2, 0) is 16.0 Å². The number of rotatable bonds is 7. The maximum atomic E-state index is 14.7. The van der Waals surface area contributed by atoms with Crippen LogP contribution in [0.5, 0.6) is 0 Å². The lowest BCUT2D eigenvalue weighted by molar-refractivity contribution is -0.138. The van der Waals surface area contributed by atoms with Crippen molar-refractivity contribution in [3.05, 3.63) is 77.1 Å². The molecule has 34 heavy (non-hydrogen) atoms. The molecule has 2 N–H and O–H groups in total. The fraction of sp³-hybridized carbons (Fsp3) is 0.375. The summed E-state index contributed by atoms with van der Waals surface area (Å²) < 4.78 is 29.0. The second kappa shape index (κ2) is 9.28. The molecule has 2 aromatic heterocycles. The van der Waals surface area contributed by atoms with Gasteiger partial charge in [-0.3, -0.25) is 9.59 Å². The molecule has 2 amide bonds. The molecule has 10 heteroatoms. The number of nitrogens with zero attached hydrogens (tertiary/aromatic N) is 4. The molecule has 0 radical (unpaired) electrons. The second-order valence-electron chi connectivity index (χ2n) is 8.78. The Hall–Kier alpha value is -3.69. The summed E-state index contributed by atoms with van der Waals surface area (Å²) in [5.74, 6) is -1.26. The van der Waals surface area contributed by atoms with E-state index in [1.165, 1.54) is 11.1 Å². The largest absolute Gasteiger partial charge is 0.342 e. The number of benzene rings is 1. The van der Waals surface area contributed by atoms with Crippen LogP contribution in [0.4, 0.5) is 8.78 Å². The Kier molecular flexibility index (Phi) is 6.04. The number of likely N-dealkylation sites (tertiary alicyclic amines) is 1. The predicted molar refractivity (Wildman–Crippen MR) is 118 cm³/mol. The molecule has 0 spiro atoms. The Morgan fingerprint density at radius 2 is 1.97 bits per heavy atom. The van der Waals surface area contributed by atoms with E-state index in [2.05, 4.69) is 25.7 Å². The van der Waals surface area contributed by atoms with Crippen molar-refractivity contribution < 1.29 is 18.4 Å². The van der Waals surface area contributed by atoms with E-state index in [1.807, 2.05) is 18.2 Å². The van der Waals surface area contributed by atoms with Gasteiger partial charge >= 0.3 is 0 Å². The van der Waals surface area contributed by atoms with Crippen molar-refractivity contribution in [1.82, 2.24) is 30.6 Å². The van der Waals surface area contributed by atoms with Crippen LogP contribution in [0.15, 0.2) is 48.7 Å². The van der Waals surface area contributed by atoms with E-state index in [0.29, 0.717) is 22.5 Å². The number of carbonyl (C=O) groups is 2. The van der Waals surface area contributed by atoms with Crippen molar-refractivity contribution in [2.45, 2.75) is 49.9 Å². The Labute approximate surface area is 194 Å². The first-order chi connectivity index (χ1) is 16.5. The third-order valence-corrected chi connectivity index (χ3v) is 6.30. The van der Waals surface area contributed by atoms with Gasteiger partial charge in [0.2, 0.25) is 17.8 Å². The monoisotopic (exact) mass is 466 g/mol. The van der Waals surface area contributed by atoms with Crippen LogP contribution in [0, 0.1) is 5.95 Å². The maximum absolute atomic E-state index is 14.7. The maximum Gasteiger partial charge on any atom is 0.243 e. The average molecular weight is 466 g/mol. The summed E-state index contributed by atoms with van der Waals surface area (Å²) in [4.78, 5) is 31.5. The van der Waals surface area contributed by atoms with Crippen LogP contribution < -0.4 is 5.32 Å². The number of H-pyrrole nitrogens is 1. The number of pyridine rings is 1. The molecule has 3 unspecified atom stereocenters. The minimum Gasteiger partial charge on any atom is -0.342 e. The molecule has 3 aromatic rings. The Morgan fingerprint density at radius 3 is 2.65 bits per heavy atom. The molecule has 176 valence electrons. The topological polar surface area (TPSA) is 104 Å². The summed E-state index contributed by atoms with van der Waals surface area (Å²) in [5, 5.41) is 12.8. The fourth-order valence-corrected chi connectivity index (χ4v) is 4.41.